The van der Waals surface area contributed by atoms with E-state index in [0.29, 0.717) is 41.5 Å². The van der Waals surface area contributed by atoms with Gasteiger partial charge in [0.05, 0.1) is 0 Å². The number of pyridine rings is 1. The average molecular weight is 419 g/mol. The molecule has 1 amide bonds. The molecule has 0 bridgehead atoms. The molecule has 1 aromatic carbocycles. The van der Waals surface area contributed by atoms with Gasteiger partial charge in [0.25, 0.3) is 0 Å². The Morgan fingerprint density at radius 3 is 2.76 bits per heavy atom. The van der Waals surface area contributed by atoms with Gasteiger partial charge in [0.15, 0.2) is 0 Å². The summed E-state index contributed by atoms with van der Waals surface area (Å²) in [5, 5.41) is 0.343. The number of aromatic nitrogens is 1. The van der Waals surface area contributed by atoms with Crippen molar-refractivity contribution in [3.8, 4) is 5.75 Å². The first-order valence-corrected chi connectivity index (χ1v) is 9.80. The Morgan fingerprint density at radius 1 is 1.31 bits per heavy atom. The van der Waals surface area contributed by atoms with Crippen molar-refractivity contribution in [2.24, 2.45) is 0 Å². The molecule has 0 saturated heterocycles. The molecule has 154 valence electrons. The van der Waals surface area contributed by atoms with Crippen molar-refractivity contribution >= 4 is 23.3 Å². The molecule has 0 radical (unpaired) electrons. The van der Waals surface area contributed by atoms with Crippen LogP contribution in [0.25, 0.3) is 5.57 Å². The Bertz CT molecular complexity index is 925. The van der Waals surface area contributed by atoms with Crippen LogP contribution in [0.1, 0.15) is 38.4 Å². The number of rotatable bonds is 4. The average Bonchev–Trinajstić information content (AvgIpc) is 2.66. The van der Waals surface area contributed by atoms with Crippen LogP contribution in [0.5, 0.6) is 5.75 Å². The van der Waals surface area contributed by atoms with Crippen molar-refractivity contribution < 1.29 is 18.7 Å². The lowest BCUT2D eigenvalue weighted by Crippen LogP contribution is -2.39. The van der Waals surface area contributed by atoms with E-state index >= 15 is 0 Å². The number of nitrogens with zero attached hydrogens (tertiary/aromatic N) is 2. The van der Waals surface area contributed by atoms with Crippen LogP contribution in [-0.4, -0.2) is 34.7 Å². The zero-order chi connectivity index (χ0) is 21.0. The Balaban J connectivity index is 1.70. The lowest BCUT2D eigenvalue weighted by atomic mass is 10.0. The number of benzene rings is 1. The highest BCUT2D eigenvalue weighted by molar-refractivity contribution is 6.30. The molecule has 7 heteroatoms. The van der Waals surface area contributed by atoms with Crippen LogP contribution in [0.3, 0.4) is 0 Å². The van der Waals surface area contributed by atoms with E-state index in [9.17, 15) is 9.18 Å². The summed E-state index contributed by atoms with van der Waals surface area (Å²) in [6, 6.07) is 8.07. The number of carbonyl (C=O) groups excluding carboxylic acids is 1. The van der Waals surface area contributed by atoms with Crippen LogP contribution in [0.2, 0.25) is 5.02 Å². The summed E-state index contributed by atoms with van der Waals surface area (Å²) in [7, 11) is 0. The smallest absolute Gasteiger partial charge is 0.410 e. The first-order chi connectivity index (χ1) is 13.7. The molecule has 0 spiro atoms. The fourth-order valence-corrected chi connectivity index (χ4v) is 3.08. The number of ether oxygens (including phenoxy) is 2. The molecule has 1 aromatic heterocycles. The van der Waals surface area contributed by atoms with E-state index in [1.54, 1.807) is 35.4 Å². The van der Waals surface area contributed by atoms with Crippen molar-refractivity contribution in [1.82, 2.24) is 9.88 Å². The van der Waals surface area contributed by atoms with Crippen molar-refractivity contribution in [2.45, 2.75) is 39.4 Å². The molecule has 1 aliphatic heterocycles. The molecule has 0 fully saturated rings. The summed E-state index contributed by atoms with van der Waals surface area (Å²) < 4.78 is 25.3. The molecule has 29 heavy (non-hydrogen) atoms. The Morgan fingerprint density at radius 2 is 2.10 bits per heavy atom. The summed E-state index contributed by atoms with van der Waals surface area (Å²) in [6.07, 6.45) is 3.93. The Labute approximate surface area is 175 Å². The molecular weight excluding hydrogens is 395 g/mol. The van der Waals surface area contributed by atoms with Gasteiger partial charge in [-0.25, -0.2) is 9.18 Å². The maximum atomic E-state index is 14.0. The predicted octanol–water partition coefficient (Wildman–Crippen LogP) is 5.48. The van der Waals surface area contributed by atoms with Gasteiger partial charge in [0, 0.05) is 29.9 Å². The van der Waals surface area contributed by atoms with E-state index in [1.807, 2.05) is 26.8 Å². The van der Waals surface area contributed by atoms with E-state index < -0.39 is 11.4 Å². The van der Waals surface area contributed by atoms with Gasteiger partial charge in [-0.3, -0.25) is 4.98 Å². The topological polar surface area (TPSA) is 51.7 Å². The fourth-order valence-electron chi connectivity index (χ4n) is 2.92. The molecule has 1 aliphatic rings. The minimum atomic E-state index is -0.528. The van der Waals surface area contributed by atoms with Crippen LogP contribution in [0.4, 0.5) is 9.18 Å². The van der Waals surface area contributed by atoms with Gasteiger partial charge in [-0.15, -0.1) is 0 Å². The summed E-state index contributed by atoms with van der Waals surface area (Å²) >= 11 is 5.80. The van der Waals surface area contributed by atoms with E-state index in [4.69, 9.17) is 21.1 Å². The van der Waals surface area contributed by atoms with Crippen molar-refractivity contribution in [2.75, 3.05) is 13.1 Å². The summed E-state index contributed by atoms with van der Waals surface area (Å²) in [4.78, 5) is 18.3. The number of hydrogen-bond acceptors (Lipinski definition) is 4. The van der Waals surface area contributed by atoms with Gasteiger partial charge < -0.3 is 14.4 Å². The second-order valence-electron chi connectivity index (χ2n) is 7.78. The monoisotopic (exact) mass is 418 g/mol. The zero-order valence-electron chi connectivity index (χ0n) is 16.7. The number of amides is 1. The van der Waals surface area contributed by atoms with E-state index in [2.05, 4.69) is 4.98 Å². The summed E-state index contributed by atoms with van der Waals surface area (Å²) in [5.41, 5.74) is 1.57. The Hall–Kier alpha value is -2.60. The van der Waals surface area contributed by atoms with Crippen LogP contribution >= 0.6 is 11.6 Å². The summed E-state index contributed by atoms with van der Waals surface area (Å²) in [6.45, 7) is 6.57. The van der Waals surface area contributed by atoms with Crippen LogP contribution in [0.15, 0.2) is 42.6 Å². The standard InChI is InChI=1S/C22H24ClFN2O3/c1-22(2,3)29-21(27)26-11-8-15(9-12-26)20-19(5-4-10-25-20)28-14-16-6-7-17(23)13-18(16)24/h4-8,10,13H,9,11-12,14H2,1-3H3. The quantitative estimate of drug-likeness (QED) is 0.660. The Kier molecular flexibility index (Phi) is 6.42. The second-order valence-corrected chi connectivity index (χ2v) is 8.22. The highest BCUT2D eigenvalue weighted by Crippen LogP contribution is 2.29. The van der Waals surface area contributed by atoms with Crippen molar-refractivity contribution in [3.63, 3.8) is 0 Å². The number of hydrogen-bond donors (Lipinski definition) is 0. The SMILES string of the molecule is CC(C)(C)OC(=O)N1CC=C(c2ncccc2OCc2ccc(Cl)cc2F)CC1. The largest absolute Gasteiger partial charge is 0.487 e. The van der Waals surface area contributed by atoms with Crippen LogP contribution in [-0.2, 0) is 11.3 Å². The minimum Gasteiger partial charge on any atom is -0.487 e. The number of halogens is 2. The molecule has 2 aromatic rings. The van der Waals surface area contributed by atoms with Gasteiger partial charge in [0.2, 0.25) is 0 Å². The second kappa shape index (κ2) is 8.82. The molecule has 0 N–H and O–H groups in total. The lowest BCUT2D eigenvalue weighted by molar-refractivity contribution is 0.0270. The predicted molar refractivity (Wildman–Crippen MR) is 110 cm³/mol. The maximum Gasteiger partial charge on any atom is 0.410 e. The molecular formula is C22H24ClFN2O3. The van der Waals surface area contributed by atoms with Crippen molar-refractivity contribution in [1.29, 1.82) is 0 Å². The van der Waals surface area contributed by atoms with Gasteiger partial charge in [-0.1, -0.05) is 23.7 Å². The maximum absolute atomic E-state index is 14.0. The van der Waals surface area contributed by atoms with Crippen LogP contribution in [0, 0.1) is 5.82 Å². The first kappa shape index (κ1) is 21.1. The first-order valence-electron chi connectivity index (χ1n) is 9.42. The van der Waals surface area contributed by atoms with Gasteiger partial charge in [-0.2, -0.15) is 0 Å². The third-order valence-electron chi connectivity index (χ3n) is 4.33. The molecule has 3 rings (SSSR count). The van der Waals surface area contributed by atoms with Crippen molar-refractivity contribution in [3.05, 3.63) is 64.7 Å². The molecule has 0 unspecified atom stereocenters. The highest BCUT2D eigenvalue weighted by Gasteiger charge is 2.25. The number of carbonyl (C=O) groups is 1. The molecule has 0 atom stereocenters. The molecule has 0 saturated carbocycles. The van der Waals surface area contributed by atoms with E-state index in [-0.39, 0.29) is 12.7 Å². The molecule has 2 heterocycles. The summed E-state index contributed by atoms with van der Waals surface area (Å²) in [5.74, 6) is 0.159. The lowest BCUT2D eigenvalue weighted by Gasteiger charge is -2.29. The van der Waals surface area contributed by atoms with Gasteiger partial charge in [-0.05, 0) is 57.0 Å². The van der Waals surface area contributed by atoms with Gasteiger partial charge >= 0.3 is 6.09 Å². The van der Waals surface area contributed by atoms with E-state index in [0.717, 1.165) is 5.57 Å². The third-order valence-corrected chi connectivity index (χ3v) is 4.57. The highest BCUT2D eigenvalue weighted by atomic mass is 35.5. The third kappa shape index (κ3) is 5.70. The molecule has 5 nitrogen and oxygen atoms in total. The van der Waals surface area contributed by atoms with Crippen LogP contribution < -0.4 is 4.74 Å². The normalized spacial score (nSPS) is 14.4. The van der Waals surface area contributed by atoms with E-state index in [1.165, 1.54) is 6.07 Å². The fraction of sp³-hybridized carbons (Fsp3) is 0.364. The van der Waals surface area contributed by atoms with Gasteiger partial charge in [0.1, 0.15) is 29.5 Å². The zero-order valence-corrected chi connectivity index (χ0v) is 17.5. The molecule has 0 aliphatic carbocycles. The minimum absolute atomic E-state index is 0.0685.